The van der Waals surface area contributed by atoms with E-state index in [1.807, 2.05) is 6.07 Å². The second-order valence-electron chi connectivity index (χ2n) is 9.10. The van der Waals surface area contributed by atoms with E-state index in [0.29, 0.717) is 32.9 Å². The highest BCUT2D eigenvalue weighted by Gasteiger charge is 2.49. The minimum absolute atomic E-state index is 0.0576. The number of halogens is 3. The summed E-state index contributed by atoms with van der Waals surface area (Å²) in [5.74, 6) is -2.50. The van der Waals surface area contributed by atoms with Crippen LogP contribution in [0.25, 0.3) is 22.1 Å². The van der Waals surface area contributed by atoms with E-state index in [9.17, 15) is 22.0 Å². The summed E-state index contributed by atoms with van der Waals surface area (Å²) in [4.78, 5) is 11.8. The van der Waals surface area contributed by atoms with Crippen molar-refractivity contribution >= 4 is 38.7 Å². The highest BCUT2D eigenvalue weighted by Crippen LogP contribution is 2.35. The molecule has 0 radical (unpaired) electrons. The van der Waals surface area contributed by atoms with Gasteiger partial charge in [-0.15, -0.1) is 0 Å². The fourth-order valence-electron chi connectivity index (χ4n) is 3.50. The predicted octanol–water partition coefficient (Wildman–Crippen LogP) is 5.42. The summed E-state index contributed by atoms with van der Waals surface area (Å²) >= 11 is 6.39. The average Bonchev–Trinajstić information content (AvgIpc) is 3.13. The Bertz CT molecular complexity index is 1340. The molecule has 0 saturated carbocycles. The lowest BCUT2D eigenvalue weighted by molar-refractivity contribution is -0.0945. The van der Waals surface area contributed by atoms with E-state index in [4.69, 9.17) is 20.8 Å². The molecule has 3 aromatic rings. The molecule has 2 heterocycles. The minimum atomic E-state index is -3.97. The molecular formula is C23H23ClF2N2O5S. The summed E-state index contributed by atoms with van der Waals surface area (Å²) < 4.78 is 62.9. The first-order valence-corrected chi connectivity index (χ1v) is 12.2. The maximum Gasteiger partial charge on any atom is 0.408 e. The number of ether oxygens (including phenoxy) is 1. The van der Waals surface area contributed by atoms with Gasteiger partial charge in [-0.3, -0.25) is 0 Å². The van der Waals surface area contributed by atoms with E-state index >= 15 is 0 Å². The van der Waals surface area contributed by atoms with Gasteiger partial charge in [0.1, 0.15) is 11.4 Å². The normalized spacial score (nSPS) is 16.3. The second-order valence-corrected chi connectivity index (χ2v) is 11.4. The van der Waals surface area contributed by atoms with E-state index < -0.39 is 40.7 Å². The number of furan rings is 1. The number of benzene rings is 2. The molecule has 0 atom stereocenters. The van der Waals surface area contributed by atoms with E-state index in [-0.39, 0.29) is 11.4 Å². The molecular weight excluding hydrogens is 490 g/mol. The molecule has 1 aliphatic rings. The fraction of sp³-hybridized carbons (Fsp3) is 0.348. The van der Waals surface area contributed by atoms with Crippen molar-refractivity contribution in [3.05, 3.63) is 53.2 Å². The van der Waals surface area contributed by atoms with Crippen LogP contribution in [0.5, 0.6) is 0 Å². The zero-order chi connectivity index (χ0) is 24.9. The van der Waals surface area contributed by atoms with Crippen LogP contribution in [0.4, 0.5) is 13.6 Å². The van der Waals surface area contributed by atoms with E-state index in [1.165, 1.54) is 12.1 Å². The van der Waals surface area contributed by atoms with Crippen molar-refractivity contribution < 1.29 is 31.1 Å². The number of hydrogen-bond acceptors (Lipinski definition) is 5. The van der Waals surface area contributed by atoms with E-state index in [1.54, 1.807) is 45.0 Å². The standard InChI is InChI=1S/C23H23ClF2N2O5S/c1-22(2,3)33-21(29)27-11-17-9-16-8-15(10-19(24)20(16)32-17)14-4-6-18(7-5-14)34(30,31)28-12-23(25,26)13-28/h4-10H,11-13H2,1-3H3,(H,27,29). The third-order valence-electron chi connectivity index (χ3n) is 5.07. The van der Waals surface area contributed by atoms with Gasteiger partial charge < -0.3 is 14.5 Å². The highest BCUT2D eigenvalue weighted by atomic mass is 35.5. The SMILES string of the molecule is CC(C)(C)OC(=O)NCc1cc2cc(-c3ccc(S(=O)(=O)N4CC(F)(F)C4)cc3)cc(Cl)c2o1. The third kappa shape index (κ3) is 5.18. The smallest absolute Gasteiger partial charge is 0.408 e. The van der Waals surface area contributed by atoms with Crippen molar-refractivity contribution in [1.29, 1.82) is 0 Å². The number of amides is 1. The first kappa shape index (κ1) is 24.4. The quantitative estimate of drug-likeness (QED) is 0.493. The van der Waals surface area contributed by atoms with Crippen LogP contribution in [-0.2, 0) is 21.3 Å². The fourth-order valence-corrected chi connectivity index (χ4v) is 5.26. The van der Waals surface area contributed by atoms with Gasteiger partial charge in [-0.2, -0.15) is 4.31 Å². The molecule has 0 aliphatic carbocycles. The van der Waals surface area contributed by atoms with Crippen LogP contribution in [-0.4, -0.2) is 43.4 Å². The molecule has 1 amide bonds. The Morgan fingerprint density at radius 2 is 1.79 bits per heavy atom. The van der Waals surface area contributed by atoms with Crippen molar-refractivity contribution in [2.75, 3.05) is 13.1 Å². The summed E-state index contributed by atoms with van der Waals surface area (Å²) in [6, 6.07) is 11.2. The van der Waals surface area contributed by atoms with Gasteiger partial charge in [0, 0.05) is 5.39 Å². The largest absolute Gasteiger partial charge is 0.458 e. The summed E-state index contributed by atoms with van der Waals surface area (Å²) in [5, 5.41) is 3.66. The van der Waals surface area contributed by atoms with Crippen LogP contribution < -0.4 is 5.32 Å². The summed E-state index contributed by atoms with van der Waals surface area (Å²) in [6.07, 6.45) is -0.572. The van der Waals surface area contributed by atoms with Crippen molar-refractivity contribution in [3.63, 3.8) is 0 Å². The predicted molar refractivity (Wildman–Crippen MR) is 123 cm³/mol. The van der Waals surface area contributed by atoms with E-state index in [2.05, 4.69) is 5.32 Å². The van der Waals surface area contributed by atoms with Gasteiger partial charge in [0.05, 0.1) is 29.6 Å². The Morgan fingerprint density at radius 1 is 1.15 bits per heavy atom. The minimum Gasteiger partial charge on any atom is -0.458 e. The Balaban J connectivity index is 1.52. The van der Waals surface area contributed by atoms with Crippen LogP contribution in [0.15, 0.2) is 51.8 Å². The van der Waals surface area contributed by atoms with Crippen LogP contribution in [0.2, 0.25) is 5.02 Å². The molecule has 0 bridgehead atoms. The van der Waals surface area contributed by atoms with Crippen molar-refractivity contribution in [2.45, 2.75) is 43.7 Å². The van der Waals surface area contributed by atoms with Crippen LogP contribution in [0, 0.1) is 0 Å². The van der Waals surface area contributed by atoms with Crippen LogP contribution >= 0.6 is 11.6 Å². The molecule has 7 nitrogen and oxygen atoms in total. The monoisotopic (exact) mass is 512 g/mol. The molecule has 182 valence electrons. The lowest BCUT2D eigenvalue weighted by Crippen LogP contribution is -2.58. The summed E-state index contributed by atoms with van der Waals surface area (Å²) in [5.41, 5.74) is 1.23. The molecule has 0 unspecified atom stereocenters. The highest BCUT2D eigenvalue weighted by molar-refractivity contribution is 7.89. The number of nitrogens with zero attached hydrogens (tertiary/aromatic N) is 1. The maximum absolute atomic E-state index is 13.1. The maximum atomic E-state index is 13.1. The number of fused-ring (bicyclic) bond motifs is 1. The number of alkyl halides is 2. The molecule has 1 fully saturated rings. The molecule has 4 rings (SSSR count). The van der Waals surface area contributed by atoms with Gasteiger partial charge in [-0.05, 0) is 62.2 Å². The van der Waals surface area contributed by atoms with Crippen LogP contribution in [0.1, 0.15) is 26.5 Å². The van der Waals surface area contributed by atoms with Crippen molar-refractivity contribution in [3.8, 4) is 11.1 Å². The lowest BCUT2D eigenvalue weighted by atomic mass is 10.0. The zero-order valence-electron chi connectivity index (χ0n) is 18.7. The molecule has 0 spiro atoms. The Kier molecular flexibility index (Phi) is 6.12. The van der Waals surface area contributed by atoms with Gasteiger partial charge in [0.2, 0.25) is 10.0 Å². The number of carbonyl (C=O) groups excluding carboxylic acids is 1. The van der Waals surface area contributed by atoms with Gasteiger partial charge in [-0.25, -0.2) is 22.0 Å². The van der Waals surface area contributed by atoms with Gasteiger partial charge >= 0.3 is 6.09 Å². The average molecular weight is 513 g/mol. The Hall–Kier alpha value is -2.69. The second kappa shape index (κ2) is 8.51. The number of nitrogens with one attached hydrogen (secondary N) is 1. The zero-order valence-corrected chi connectivity index (χ0v) is 20.3. The molecule has 1 saturated heterocycles. The number of carbonyl (C=O) groups is 1. The van der Waals surface area contributed by atoms with Crippen LogP contribution in [0.3, 0.4) is 0 Å². The summed E-state index contributed by atoms with van der Waals surface area (Å²) in [6.45, 7) is 3.78. The molecule has 11 heteroatoms. The summed E-state index contributed by atoms with van der Waals surface area (Å²) in [7, 11) is -3.97. The Morgan fingerprint density at radius 3 is 2.38 bits per heavy atom. The Labute approximate surface area is 200 Å². The van der Waals surface area contributed by atoms with Crippen molar-refractivity contribution in [1.82, 2.24) is 9.62 Å². The number of rotatable bonds is 5. The molecule has 1 aromatic heterocycles. The van der Waals surface area contributed by atoms with E-state index in [0.717, 1.165) is 4.31 Å². The lowest BCUT2D eigenvalue weighted by Gasteiger charge is -2.37. The molecule has 1 aliphatic heterocycles. The number of hydrogen-bond donors (Lipinski definition) is 1. The number of alkyl carbamates (subject to hydrolysis) is 1. The van der Waals surface area contributed by atoms with Gasteiger partial charge in [-0.1, -0.05) is 23.7 Å². The third-order valence-corrected chi connectivity index (χ3v) is 7.16. The molecule has 34 heavy (non-hydrogen) atoms. The van der Waals surface area contributed by atoms with Gasteiger partial charge in [0.25, 0.3) is 5.92 Å². The molecule has 1 N–H and O–H groups in total. The number of sulfonamides is 1. The van der Waals surface area contributed by atoms with Gasteiger partial charge in [0.15, 0.2) is 5.58 Å². The van der Waals surface area contributed by atoms with Crippen molar-refractivity contribution in [2.24, 2.45) is 0 Å². The first-order chi connectivity index (χ1) is 15.7. The topological polar surface area (TPSA) is 88.8 Å². The first-order valence-electron chi connectivity index (χ1n) is 10.4. The molecule has 2 aromatic carbocycles.